The first-order valence-corrected chi connectivity index (χ1v) is 5.58. The summed E-state index contributed by atoms with van der Waals surface area (Å²) in [4.78, 5) is 13.4. The molecule has 0 aliphatic rings. The minimum Gasteiger partial charge on any atom is -0.362 e. The number of aromatic amines is 1. The Bertz CT molecular complexity index is 587. The highest BCUT2D eigenvalue weighted by atomic mass is 32.1. The van der Waals surface area contributed by atoms with E-state index in [0.29, 0.717) is 6.54 Å². The Morgan fingerprint density at radius 2 is 2.25 bits per heavy atom. The van der Waals surface area contributed by atoms with Gasteiger partial charge in [0.2, 0.25) is 0 Å². The van der Waals surface area contributed by atoms with Gasteiger partial charge in [-0.15, -0.1) is 11.3 Å². The molecule has 80 valence electrons. The van der Waals surface area contributed by atoms with Gasteiger partial charge in [-0.2, -0.15) is 5.10 Å². The first-order valence-electron chi connectivity index (χ1n) is 4.70. The summed E-state index contributed by atoms with van der Waals surface area (Å²) < 4.78 is 0. The Labute approximate surface area is 94.8 Å². The zero-order valence-electron chi connectivity index (χ0n) is 8.21. The summed E-state index contributed by atoms with van der Waals surface area (Å²) >= 11 is 1.60. The van der Waals surface area contributed by atoms with Crippen molar-refractivity contribution in [1.29, 1.82) is 0 Å². The van der Waals surface area contributed by atoms with E-state index in [-0.39, 0.29) is 0 Å². The lowest BCUT2D eigenvalue weighted by Crippen LogP contribution is -2.03. The van der Waals surface area contributed by atoms with Crippen molar-refractivity contribution in [3.63, 3.8) is 0 Å². The van der Waals surface area contributed by atoms with Crippen LogP contribution in [-0.4, -0.2) is 25.1 Å². The van der Waals surface area contributed by atoms with Gasteiger partial charge < -0.3 is 5.32 Å². The predicted octanol–water partition coefficient (Wildman–Crippen LogP) is 1.42. The molecule has 3 aromatic heterocycles. The number of thiophene rings is 1. The molecule has 6 nitrogen and oxygen atoms in total. The van der Waals surface area contributed by atoms with Gasteiger partial charge in [0, 0.05) is 0 Å². The molecule has 0 aliphatic carbocycles. The number of aromatic nitrogens is 5. The summed E-state index contributed by atoms with van der Waals surface area (Å²) in [5.41, 5.74) is 0. The monoisotopic (exact) mass is 232 g/mol. The van der Waals surface area contributed by atoms with Crippen LogP contribution in [0.15, 0.2) is 24.1 Å². The topological polar surface area (TPSA) is 79.4 Å². The molecular formula is C9H8N6S. The number of fused-ring (bicyclic) bond motifs is 1. The van der Waals surface area contributed by atoms with Crippen LogP contribution in [0, 0.1) is 0 Å². The van der Waals surface area contributed by atoms with Crippen molar-refractivity contribution in [3.05, 3.63) is 29.9 Å². The van der Waals surface area contributed by atoms with Crippen molar-refractivity contribution in [3.8, 4) is 0 Å². The lowest BCUT2D eigenvalue weighted by Gasteiger charge is -2.03. The van der Waals surface area contributed by atoms with E-state index in [1.165, 1.54) is 6.33 Å². The highest BCUT2D eigenvalue weighted by Gasteiger charge is 2.04. The maximum atomic E-state index is 4.20. The Kier molecular flexibility index (Phi) is 2.22. The van der Waals surface area contributed by atoms with Crippen LogP contribution in [0.1, 0.15) is 5.82 Å². The van der Waals surface area contributed by atoms with Crippen molar-refractivity contribution in [2.75, 3.05) is 5.32 Å². The fraction of sp³-hybridized carbons (Fsp3) is 0.111. The summed E-state index contributed by atoms with van der Waals surface area (Å²) in [6.07, 6.45) is 3.04. The minimum atomic E-state index is 0.571. The van der Waals surface area contributed by atoms with E-state index in [2.05, 4.69) is 30.5 Å². The van der Waals surface area contributed by atoms with Gasteiger partial charge >= 0.3 is 0 Å². The molecule has 3 heterocycles. The first-order chi connectivity index (χ1) is 7.93. The lowest BCUT2D eigenvalue weighted by molar-refractivity contribution is 0.948. The summed E-state index contributed by atoms with van der Waals surface area (Å²) in [7, 11) is 0. The van der Waals surface area contributed by atoms with Gasteiger partial charge in [-0.05, 0) is 11.4 Å². The highest BCUT2D eigenvalue weighted by molar-refractivity contribution is 7.16. The van der Waals surface area contributed by atoms with E-state index >= 15 is 0 Å². The van der Waals surface area contributed by atoms with E-state index in [9.17, 15) is 0 Å². The molecule has 0 unspecified atom stereocenters. The third-order valence-electron chi connectivity index (χ3n) is 2.15. The zero-order chi connectivity index (χ0) is 10.8. The van der Waals surface area contributed by atoms with E-state index in [4.69, 9.17) is 0 Å². The average molecular weight is 232 g/mol. The van der Waals surface area contributed by atoms with Crippen LogP contribution < -0.4 is 5.32 Å². The van der Waals surface area contributed by atoms with Gasteiger partial charge in [0.05, 0.1) is 11.9 Å². The maximum Gasteiger partial charge on any atom is 0.143 e. The van der Waals surface area contributed by atoms with Gasteiger partial charge in [0.1, 0.15) is 29.1 Å². The fourth-order valence-electron chi connectivity index (χ4n) is 1.41. The van der Waals surface area contributed by atoms with Gasteiger partial charge in [0.25, 0.3) is 0 Å². The summed E-state index contributed by atoms with van der Waals surface area (Å²) in [5, 5.41) is 12.8. The SMILES string of the molecule is c1n[nH]c(CNc2ncnc3sccc23)n1. The third-order valence-corrected chi connectivity index (χ3v) is 2.97. The number of hydrogen-bond acceptors (Lipinski definition) is 6. The molecule has 0 saturated heterocycles. The Morgan fingerprint density at radius 3 is 3.12 bits per heavy atom. The molecule has 0 bridgehead atoms. The second-order valence-corrected chi connectivity index (χ2v) is 4.04. The predicted molar refractivity (Wildman–Crippen MR) is 61.1 cm³/mol. The number of rotatable bonds is 3. The molecule has 0 aliphatic heterocycles. The van der Waals surface area contributed by atoms with Crippen molar-refractivity contribution >= 4 is 27.4 Å². The highest BCUT2D eigenvalue weighted by Crippen LogP contribution is 2.23. The van der Waals surface area contributed by atoms with Crippen LogP contribution in [-0.2, 0) is 6.54 Å². The fourth-order valence-corrected chi connectivity index (χ4v) is 2.15. The minimum absolute atomic E-state index is 0.571. The molecule has 3 rings (SSSR count). The molecule has 0 radical (unpaired) electrons. The van der Waals surface area contributed by atoms with Gasteiger partial charge in [-0.1, -0.05) is 0 Å². The van der Waals surface area contributed by atoms with E-state index in [0.717, 1.165) is 21.9 Å². The van der Waals surface area contributed by atoms with Gasteiger partial charge in [0.15, 0.2) is 0 Å². The Morgan fingerprint density at radius 1 is 1.25 bits per heavy atom. The maximum absolute atomic E-state index is 4.20. The molecule has 0 atom stereocenters. The Hall–Kier alpha value is -2.02. The summed E-state index contributed by atoms with van der Waals surface area (Å²) in [5.74, 6) is 1.60. The van der Waals surface area contributed by atoms with Crippen LogP contribution in [0.2, 0.25) is 0 Å². The van der Waals surface area contributed by atoms with Crippen molar-refractivity contribution in [1.82, 2.24) is 25.1 Å². The smallest absolute Gasteiger partial charge is 0.143 e. The van der Waals surface area contributed by atoms with Crippen LogP contribution >= 0.6 is 11.3 Å². The van der Waals surface area contributed by atoms with Crippen LogP contribution in [0.3, 0.4) is 0 Å². The molecule has 16 heavy (non-hydrogen) atoms. The summed E-state index contributed by atoms with van der Waals surface area (Å²) in [6.45, 7) is 0.571. The lowest BCUT2D eigenvalue weighted by atomic mass is 10.4. The average Bonchev–Trinajstić information content (AvgIpc) is 2.97. The second kappa shape index (κ2) is 3.86. The number of nitrogens with zero attached hydrogens (tertiary/aromatic N) is 4. The van der Waals surface area contributed by atoms with E-state index in [1.807, 2.05) is 11.4 Å². The molecule has 3 aromatic rings. The number of H-pyrrole nitrogens is 1. The largest absolute Gasteiger partial charge is 0.362 e. The van der Waals surface area contributed by atoms with E-state index in [1.54, 1.807) is 17.7 Å². The molecule has 0 spiro atoms. The number of anilines is 1. The van der Waals surface area contributed by atoms with Crippen molar-refractivity contribution in [2.24, 2.45) is 0 Å². The standard InChI is InChI=1S/C9H8N6S/c1-2-16-9-6(1)8(12-4-13-9)10-3-7-11-5-14-15-7/h1-2,4-5H,3H2,(H,10,12,13)(H,11,14,15). The molecule has 2 N–H and O–H groups in total. The quantitative estimate of drug-likeness (QED) is 0.714. The van der Waals surface area contributed by atoms with Gasteiger partial charge in [-0.3, -0.25) is 5.10 Å². The molecule has 0 saturated carbocycles. The zero-order valence-corrected chi connectivity index (χ0v) is 9.03. The first kappa shape index (κ1) is 9.22. The second-order valence-electron chi connectivity index (χ2n) is 3.15. The summed E-state index contributed by atoms with van der Waals surface area (Å²) in [6, 6.07) is 2.00. The third kappa shape index (κ3) is 1.61. The molecule has 0 aromatic carbocycles. The van der Waals surface area contributed by atoms with Crippen molar-refractivity contribution < 1.29 is 0 Å². The molecular weight excluding hydrogens is 224 g/mol. The van der Waals surface area contributed by atoms with Crippen LogP contribution in [0.25, 0.3) is 10.2 Å². The number of hydrogen-bond donors (Lipinski definition) is 2. The van der Waals surface area contributed by atoms with Crippen LogP contribution in [0.4, 0.5) is 5.82 Å². The molecule has 0 fully saturated rings. The normalized spacial score (nSPS) is 10.8. The van der Waals surface area contributed by atoms with Crippen molar-refractivity contribution in [2.45, 2.75) is 6.54 Å². The van der Waals surface area contributed by atoms with E-state index < -0.39 is 0 Å². The van der Waals surface area contributed by atoms with Crippen LogP contribution in [0.5, 0.6) is 0 Å². The Balaban J connectivity index is 1.86. The van der Waals surface area contributed by atoms with Gasteiger partial charge in [-0.25, -0.2) is 15.0 Å². The molecule has 0 amide bonds. The number of nitrogens with one attached hydrogen (secondary N) is 2. The molecule has 7 heteroatoms.